The molecular formula is C17H13F2NO2. The third kappa shape index (κ3) is 2.70. The topological polar surface area (TPSA) is 42.2 Å². The lowest BCUT2D eigenvalue weighted by molar-refractivity contribution is 0.0931. The zero-order valence-electron chi connectivity index (χ0n) is 11.8. The van der Waals surface area contributed by atoms with Crippen LogP contribution in [0.1, 0.15) is 29.1 Å². The summed E-state index contributed by atoms with van der Waals surface area (Å²) in [7, 11) is 0. The number of furan rings is 1. The van der Waals surface area contributed by atoms with Gasteiger partial charge < -0.3 is 9.73 Å². The maximum atomic E-state index is 13.6. The number of amides is 1. The van der Waals surface area contributed by atoms with E-state index in [-0.39, 0.29) is 5.56 Å². The highest BCUT2D eigenvalue weighted by Crippen LogP contribution is 2.24. The van der Waals surface area contributed by atoms with Gasteiger partial charge in [-0.15, -0.1) is 0 Å². The molecule has 0 aliphatic heterocycles. The number of rotatable bonds is 3. The van der Waals surface area contributed by atoms with Crippen molar-refractivity contribution in [1.29, 1.82) is 0 Å². The maximum Gasteiger partial charge on any atom is 0.254 e. The Morgan fingerprint density at radius 3 is 2.68 bits per heavy atom. The predicted octanol–water partition coefficient (Wildman–Crippen LogP) is 4.20. The van der Waals surface area contributed by atoms with Crippen molar-refractivity contribution in [3.05, 3.63) is 71.5 Å². The van der Waals surface area contributed by atoms with E-state index >= 15 is 0 Å². The van der Waals surface area contributed by atoms with Crippen LogP contribution in [0.15, 0.2) is 52.9 Å². The monoisotopic (exact) mass is 301 g/mol. The first-order valence-electron chi connectivity index (χ1n) is 6.79. The molecular weight excluding hydrogens is 288 g/mol. The molecule has 0 fully saturated rings. The summed E-state index contributed by atoms with van der Waals surface area (Å²) in [5, 5.41) is 3.51. The van der Waals surface area contributed by atoms with Crippen molar-refractivity contribution < 1.29 is 18.0 Å². The lowest BCUT2D eigenvalue weighted by Crippen LogP contribution is -2.27. The number of fused-ring (bicyclic) bond motifs is 1. The molecule has 1 heterocycles. The Morgan fingerprint density at radius 2 is 1.91 bits per heavy atom. The van der Waals surface area contributed by atoms with Gasteiger partial charge in [0.25, 0.3) is 5.91 Å². The zero-order valence-corrected chi connectivity index (χ0v) is 11.8. The molecule has 0 aliphatic rings. The molecule has 1 N–H and O–H groups in total. The molecule has 1 amide bonds. The van der Waals surface area contributed by atoms with Crippen molar-refractivity contribution in [2.75, 3.05) is 0 Å². The summed E-state index contributed by atoms with van der Waals surface area (Å²) in [6.45, 7) is 1.72. The second-order valence-electron chi connectivity index (χ2n) is 5.01. The van der Waals surface area contributed by atoms with E-state index in [4.69, 9.17) is 4.42 Å². The lowest BCUT2D eigenvalue weighted by atomic mass is 10.1. The van der Waals surface area contributed by atoms with Crippen molar-refractivity contribution >= 4 is 16.9 Å². The van der Waals surface area contributed by atoms with Crippen LogP contribution in [0.3, 0.4) is 0 Å². The van der Waals surface area contributed by atoms with Crippen molar-refractivity contribution in [3.8, 4) is 0 Å². The van der Waals surface area contributed by atoms with E-state index in [1.807, 2.05) is 30.3 Å². The van der Waals surface area contributed by atoms with Crippen molar-refractivity contribution in [3.63, 3.8) is 0 Å². The predicted molar refractivity (Wildman–Crippen MR) is 78.5 cm³/mol. The standard InChI is InChI=1S/C17H13F2NO2/c1-10(16-8-11-4-2-3-5-15(11)22-16)20-17(21)13-9-12(18)6-7-14(13)19/h2-10H,1H3,(H,20,21). The Balaban J connectivity index is 1.82. The van der Waals surface area contributed by atoms with Crippen molar-refractivity contribution in [2.45, 2.75) is 13.0 Å². The van der Waals surface area contributed by atoms with E-state index in [9.17, 15) is 13.6 Å². The number of carbonyl (C=O) groups is 1. The quantitative estimate of drug-likeness (QED) is 0.787. The highest BCUT2D eigenvalue weighted by atomic mass is 19.1. The third-order valence-electron chi connectivity index (χ3n) is 3.39. The molecule has 3 nitrogen and oxygen atoms in total. The summed E-state index contributed by atoms with van der Waals surface area (Å²) in [5.41, 5.74) is 0.374. The molecule has 0 bridgehead atoms. The molecule has 1 aromatic heterocycles. The van der Waals surface area contributed by atoms with E-state index in [1.165, 1.54) is 0 Å². The average molecular weight is 301 g/mol. The fraction of sp³-hybridized carbons (Fsp3) is 0.118. The van der Waals surface area contributed by atoms with Crippen LogP contribution in [-0.4, -0.2) is 5.91 Å². The molecule has 22 heavy (non-hydrogen) atoms. The largest absolute Gasteiger partial charge is 0.459 e. The molecule has 0 spiro atoms. The van der Waals surface area contributed by atoms with E-state index in [2.05, 4.69) is 5.32 Å². The minimum Gasteiger partial charge on any atom is -0.459 e. The summed E-state index contributed by atoms with van der Waals surface area (Å²) in [6, 6.07) is 11.5. The van der Waals surface area contributed by atoms with Gasteiger partial charge in [0.1, 0.15) is 23.0 Å². The van der Waals surface area contributed by atoms with Gasteiger partial charge in [0.05, 0.1) is 11.6 Å². The van der Waals surface area contributed by atoms with E-state index in [0.29, 0.717) is 11.3 Å². The molecule has 0 aliphatic carbocycles. The first-order chi connectivity index (χ1) is 10.5. The van der Waals surface area contributed by atoms with Gasteiger partial charge >= 0.3 is 0 Å². The van der Waals surface area contributed by atoms with E-state index in [1.54, 1.807) is 6.92 Å². The van der Waals surface area contributed by atoms with Crippen LogP contribution in [0.4, 0.5) is 8.78 Å². The van der Waals surface area contributed by atoms with E-state index < -0.39 is 23.6 Å². The molecule has 0 saturated carbocycles. The van der Waals surface area contributed by atoms with Crippen molar-refractivity contribution in [1.82, 2.24) is 5.32 Å². The molecule has 1 atom stereocenters. The summed E-state index contributed by atoms with van der Waals surface area (Å²) in [5.74, 6) is -1.57. The van der Waals surface area contributed by atoms with E-state index in [0.717, 1.165) is 23.6 Å². The van der Waals surface area contributed by atoms with Crippen LogP contribution in [0.5, 0.6) is 0 Å². The summed E-state index contributed by atoms with van der Waals surface area (Å²) in [6.07, 6.45) is 0. The SMILES string of the molecule is CC(NC(=O)c1cc(F)ccc1F)c1cc2ccccc2o1. The minimum absolute atomic E-state index is 0.331. The Hall–Kier alpha value is -2.69. The second-order valence-corrected chi connectivity index (χ2v) is 5.01. The molecule has 0 saturated heterocycles. The molecule has 3 rings (SSSR count). The van der Waals surface area contributed by atoms with Crippen LogP contribution in [0.2, 0.25) is 0 Å². The van der Waals surface area contributed by atoms with Gasteiger partial charge in [0.2, 0.25) is 0 Å². The number of carbonyl (C=O) groups excluding carboxylic acids is 1. The lowest BCUT2D eigenvalue weighted by Gasteiger charge is -2.11. The molecule has 0 radical (unpaired) electrons. The van der Waals surface area contributed by atoms with Gasteiger partial charge in [0, 0.05) is 5.39 Å². The highest BCUT2D eigenvalue weighted by molar-refractivity contribution is 5.94. The van der Waals surface area contributed by atoms with Crippen LogP contribution < -0.4 is 5.32 Å². The molecule has 3 aromatic rings. The molecule has 5 heteroatoms. The summed E-state index contributed by atoms with van der Waals surface area (Å²) in [4.78, 5) is 12.1. The van der Waals surface area contributed by atoms with Crippen LogP contribution >= 0.6 is 0 Å². The normalized spacial score (nSPS) is 12.3. The van der Waals surface area contributed by atoms with Crippen molar-refractivity contribution in [2.24, 2.45) is 0 Å². The number of para-hydroxylation sites is 1. The number of hydrogen-bond donors (Lipinski definition) is 1. The van der Waals surface area contributed by atoms with Crippen LogP contribution in [0, 0.1) is 11.6 Å². The zero-order chi connectivity index (χ0) is 15.7. The summed E-state index contributed by atoms with van der Waals surface area (Å²) < 4.78 is 32.4. The van der Waals surface area contributed by atoms with Gasteiger partial charge in [0.15, 0.2) is 0 Å². The highest BCUT2D eigenvalue weighted by Gasteiger charge is 2.18. The minimum atomic E-state index is -0.768. The van der Waals surface area contributed by atoms with Gasteiger partial charge in [-0.1, -0.05) is 18.2 Å². The van der Waals surface area contributed by atoms with Crippen LogP contribution in [-0.2, 0) is 0 Å². The Kier molecular flexibility index (Phi) is 3.63. The first kappa shape index (κ1) is 14.3. The van der Waals surface area contributed by atoms with Gasteiger partial charge in [-0.05, 0) is 37.3 Å². The fourth-order valence-corrected chi connectivity index (χ4v) is 2.23. The Bertz CT molecular complexity index is 809. The number of nitrogens with one attached hydrogen (secondary N) is 1. The fourth-order valence-electron chi connectivity index (χ4n) is 2.23. The maximum absolute atomic E-state index is 13.6. The second kappa shape index (κ2) is 5.60. The summed E-state index contributed by atoms with van der Waals surface area (Å²) >= 11 is 0. The number of hydrogen-bond acceptors (Lipinski definition) is 2. The smallest absolute Gasteiger partial charge is 0.254 e. The Morgan fingerprint density at radius 1 is 1.14 bits per heavy atom. The van der Waals surface area contributed by atoms with Gasteiger partial charge in [-0.25, -0.2) is 8.78 Å². The van der Waals surface area contributed by atoms with Gasteiger partial charge in [-0.3, -0.25) is 4.79 Å². The molecule has 1 unspecified atom stereocenters. The Labute approximate surface area is 125 Å². The molecule has 112 valence electrons. The molecule has 2 aromatic carbocycles. The first-order valence-corrected chi connectivity index (χ1v) is 6.79. The number of benzene rings is 2. The van der Waals surface area contributed by atoms with Gasteiger partial charge in [-0.2, -0.15) is 0 Å². The van der Waals surface area contributed by atoms with Crippen LogP contribution in [0.25, 0.3) is 11.0 Å². The third-order valence-corrected chi connectivity index (χ3v) is 3.39. The number of halogens is 2. The average Bonchev–Trinajstić information content (AvgIpc) is 2.93.